The van der Waals surface area contributed by atoms with E-state index >= 15 is 0 Å². The molecule has 1 atom stereocenters. The average molecular weight is 215 g/mol. The Morgan fingerprint density at radius 1 is 1.00 bits per heavy atom. The molecule has 0 nitrogen and oxygen atoms in total. The molecule has 0 aliphatic carbocycles. The Labute approximate surface area is 67.5 Å². The van der Waals surface area contributed by atoms with Crippen LogP contribution in [0.15, 0.2) is 0 Å². The molecule has 0 amide bonds. The van der Waals surface area contributed by atoms with Crippen molar-refractivity contribution >= 4 is 0 Å². The quantitative estimate of drug-likeness (QED) is 0.633. The van der Waals surface area contributed by atoms with Gasteiger partial charge in [-0.1, -0.05) is 0 Å². The van der Waals surface area contributed by atoms with Gasteiger partial charge in [-0.25, -0.2) is 4.39 Å². The van der Waals surface area contributed by atoms with E-state index in [1.807, 2.05) is 0 Å². The minimum absolute atomic E-state index is 2.58. The van der Waals surface area contributed by atoms with Crippen molar-refractivity contribution in [3.8, 4) is 0 Å². The van der Waals surface area contributed by atoms with Crippen LogP contribution >= 0.6 is 0 Å². The molecule has 0 saturated heterocycles. The summed E-state index contributed by atoms with van der Waals surface area (Å²) < 4.78 is 91.7. The summed E-state index contributed by atoms with van der Waals surface area (Å²) in [6.45, 7) is 0. The van der Waals surface area contributed by atoms with Crippen LogP contribution in [0.3, 0.4) is 0 Å². The molecule has 13 heavy (non-hydrogen) atoms. The summed E-state index contributed by atoms with van der Waals surface area (Å²) >= 11 is 0. The molecule has 0 bridgehead atoms. The molecule has 0 N–H and O–H groups in total. The summed E-state index contributed by atoms with van der Waals surface area (Å²) in [7, 11) is 0. The molecule has 0 aromatic rings. The van der Waals surface area contributed by atoms with Gasteiger partial charge in [0, 0.05) is 0 Å². The second-order valence-electron chi connectivity index (χ2n) is 2.16. The van der Waals surface area contributed by atoms with E-state index in [0.29, 0.717) is 0 Å². The number of hydrogen-bond donors (Lipinski definition) is 0. The third-order valence-corrected chi connectivity index (χ3v) is 1.09. The Balaban J connectivity index is 4.34. The maximum atomic E-state index is 11.8. The highest BCUT2D eigenvalue weighted by Crippen LogP contribution is 2.40. The molecule has 0 saturated carbocycles. The van der Waals surface area contributed by atoms with E-state index in [9.17, 15) is 35.1 Å². The normalized spacial score (nSPS) is 16.4. The highest BCUT2D eigenvalue weighted by Gasteiger charge is 2.59. The van der Waals surface area contributed by atoms with Crippen molar-refractivity contribution in [3.63, 3.8) is 0 Å². The van der Waals surface area contributed by atoms with Crippen molar-refractivity contribution in [2.45, 2.75) is 24.7 Å². The molecule has 8 heteroatoms. The number of alkyl halides is 6. The average Bonchev–Trinajstić information content (AvgIpc) is 1.83. The second kappa shape index (κ2) is 3.67. The van der Waals surface area contributed by atoms with Gasteiger partial charge in [-0.05, 0) is 0 Å². The largest absolute Gasteiger partial charge is 0.453 e. The summed E-state index contributed by atoms with van der Waals surface area (Å²) in [5, 5.41) is 0. The zero-order valence-electron chi connectivity index (χ0n) is 5.81. The van der Waals surface area contributed by atoms with Crippen molar-refractivity contribution in [2.24, 2.45) is 0 Å². The lowest BCUT2D eigenvalue weighted by molar-refractivity contribution is -0.288. The minimum Gasteiger partial charge on any atom is -0.240 e. The second-order valence-corrected chi connectivity index (χ2v) is 2.16. The molecule has 0 heterocycles. The van der Waals surface area contributed by atoms with Gasteiger partial charge in [0.2, 0.25) is 0 Å². The topological polar surface area (TPSA) is 0 Å². The molecular formula is C5H3F8. The van der Waals surface area contributed by atoms with Crippen LogP contribution in [0.4, 0.5) is 35.1 Å². The number of halogens is 8. The van der Waals surface area contributed by atoms with Crippen LogP contribution in [-0.2, 0) is 0 Å². The fourth-order valence-electron chi connectivity index (χ4n) is 0.418. The van der Waals surface area contributed by atoms with Crippen molar-refractivity contribution < 1.29 is 35.1 Å². The van der Waals surface area contributed by atoms with Crippen LogP contribution in [0.1, 0.15) is 6.42 Å². The predicted molar refractivity (Wildman–Crippen MR) is 26.0 cm³/mol. The van der Waals surface area contributed by atoms with Gasteiger partial charge in [-0.3, -0.25) is 0 Å². The zero-order valence-corrected chi connectivity index (χ0v) is 5.81. The Hall–Kier alpha value is -0.560. The third kappa shape index (κ3) is 3.35. The van der Waals surface area contributed by atoms with E-state index in [2.05, 4.69) is 0 Å². The molecular weight excluding hydrogens is 212 g/mol. The summed E-state index contributed by atoms with van der Waals surface area (Å²) in [6.07, 6.45) is -15.2. The smallest absolute Gasteiger partial charge is 0.240 e. The summed E-state index contributed by atoms with van der Waals surface area (Å²) in [4.78, 5) is 0. The van der Waals surface area contributed by atoms with Crippen molar-refractivity contribution in [1.82, 2.24) is 0 Å². The van der Waals surface area contributed by atoms with E-state index in [-0.39, 0.29) is 0 Å². The van der Waals surface area contributed by atoms with Crippen molar-refractivity contribution in [1.29, 1.82) is 0 Å². The number of hydrogen-bond acceptors (Lipinski definition) is 0. The lowest BCUT2D eigenvalue weighted by Gasteiger charge is -2.20. The van der Waals surface area contributed by atoms with Crippen LogP contribution in [0, 0.1) is 6.43 Å². The monoisotopic (exact) mass is 215 g/mol. The van der Waals surface area contributed by atoms with Gasteiger partial charge in [-0.15, -0.1) is 0 Å². The molecule has 0 aromatic carbocycles. The third-order valence-electron chi connectivity index (χ3n) is 1.09. The lowest BCUT2D eigenvalue weighted by Crippen LogP contribution is -2.39. The van der Waals surface area contributed by atoms with E-state index < -0.39 is 31.1 Å². The number of rotatable bonds is 3. The Bertz CT molecular complexity index is 158. The molecule has 0 aromatic heterocycles. The van der Waals surface area contributed by atoms with Gasteiger partial charge in [0.25, 0.3) is 0 Å². The van der Waals surface area contributed by atoms with Gasteiger partial charge < -0.3 is 0 Å². The Kier molecular flexibility index (Phi) is 3.51. The van der Waals surface area contributed by atoms with E-state index in [0.717, 1.165) is 0 Å². The first-order valence-electron chi connectivity index (χ1n) is 2.84. The summed E-state index contributed by atoms with van der Waals surface area (Å²) in [5.41, 5.74) is 0. The first-order valence-corrected chi connectivity index (χ1v) is 2.84. The SMILES string of the molecule is F[C](F)C(F)CC(F)(F)C(F)(F)F. The molecule has 0 aliphatic heterocycles. The van der Waals surface area contributed by atoms with E-state index in [1.165, 1.54) is 0 Å². The fraction of sp³-hybridized carbons (Fsp3) is 0.800. The van der Waals surface area contributed by atoms with Crippen molar-refractivity contribution in [2.75, 3.05) is 0 Å². The Morgan fingerprint density at radius 2 is 1.38 bits per heavy atom. The van der Waals surface area contributed by atoms with Crippen LogP contribution in [0.2, 0.25) is 0 Å². The predicted octanol–water partition coefficient (Wildman–Crippen LogP) is 3.34. The van der Waals surface area contributed by atoms with Crippen LogP contribution in [-0.4, -0.2) is 18.3 Å². The van der Waals surface area contributed by atoms with Crippen LogP contribution < -0.4 is 0 Å². The first-order chi connectivity index (χ1) is 5.58. The molecule has 0 fully saturated rings. The summed E-state index contributed by atoms with van der Waals surface area (Å²) in [6, 6.07) is 0. The molecule has 79 valence electrons. The lowest BCUT2D eigenvalue weighted by atomic mass is 10.1. The molecule has 0 aliphatic rings. The van der Waals surface area contributed by atoms with Crippen molar-refractivity contribution in [3.05, 3.63) is 6.43 Å². The Morgan fingerprint density at radius 3 is 1.62 bits per heavy atom. The maximum absolute atomic E-state index is 11.8. The molecule has 0 rings (SSSR count). The highest BCUT2D eigenvalue weighted by molar-refractivity contribution is 4.85. The van der Waals surface area contributed by atoms with E-state index in [1.54, 1.807) is 0 Å². The highest BCUT2D eigenvalue weighted by atomic mass is 19.4. The maximum Gasteiger partial charge on any atom is 0.453 e. The van der Waals surface area contributed by atoms with Crippen LogP contribution in [0.25, 0.3) is 0 Å². The first kappa shape index (κ1) is 12.4. The summed E-state index contributed by atoms with van der Waals surface area (Å²) in [5.74, 6) is -5.43. The van der Waals surface area contributed by atoms with Gasteiger partial charge in [0.05, 0.1) is 6.42 Å². The van der Waals surface area contributed by atoms with Gasteiger partial charge >= 0.3 is 18.5 Å². The molecule has 0 spiro atoms. The minimum atomic E-state index is -6.01. The van der Waals surface area contributed by atoms with Gasteiger partial charge in [0.1, 0.15) is 0 Å². The van der Waals surface area contributed by atoms with E-state index in [4.69, 9.17) is 0 Å². The molecule has 1 unspecified atom stereocenters. The fourth-order valence-corrected chi connectivity index (χ4v) is 0.418. The molecule has 1 radical (unpaired) electrons. The van der Waals surface area contributed by atoms with Gasteiger partial charge in [-0.2, -0.15) is 30.7 Å². The standard InChI is InChI=1S/C5H3F8/c6-2(3(7)8)1-4(9,10)5(11,12)13/h2H,1H2. The van der Waals surface area contributed by atoms with Crippen LogP contribution in [0.5, 0.6) is 0 Å². The zero-order chi connectivity index (χ0) is 10.9. The van der Waals surface area contributed by atoms with Gasteiger partial charge in [0.15, 0.2) is 6.17 Å².